The Morgan fingerprint density at radius 3 is 2.40 bits per heavy atom. The van der Waals surface area contributed by atoms with Crippen molar-refractivity contribution in [1.29, 1.82) is 0 Å². The third kappa shape index (κ3) is 3.84. The molecule has 0 aliphatic carbocycles. The number of amides is 2. The molecular formula is C13H15Cl2N3O2. The SMILES string of the molecule is O=C(NC1CCN(C(=O)c2ccncc2)CC1)C(Cl)Cl. The van der Waals surface area contributed by atoms with Gasteiger partial charge in [-0.25, -0.2) is 0 Å². The van der Waals surface area contributed by atoms with Gasteiger partial charge in [-0.1, -0.05) is 23.2 Å². The average molecular weight is 316 g/mol. The van der Waals surface area contributed by atoms with Crippen molar-refractivity contribution in [1.82, 2.24) is 15.2 Å². The monoisotopic (exact) mass is 315 g/mol. The molecule has 0 radical (unpaired) electrons. The first kappa shape index (κ1) is 15.1. The highest BCUT2D eigenvalue weighted by atomic mass is 35.5. The molecule has 2 rings (SSSR count). The highest BCUT2D eigenvalue weighted by molar-refractivity contribution is 6.53. The van der Waals surface area contributed by atoms with E-state index in [9.17, 15) is 9.59 Å². The van der Waals surface area contributed by atoms with E-state index in [1.54, 1.807) is 29.4 Å². The van der Waals surface area contributed by atoms with Crippen LogP contribution >= 0.6 is 23.2 Å². The molecule has 1 aromatic rings. The maximum atomic E-state index is 12.2. The molecule has 1 aliphatic rings. The summed E-state index contributed by atoms with van der Waals surface area (Å²) < 4.78 is 0. The third-order valence-electron chi connectivity index (χ3n) is 3.25. The van der Waals surface area contributed by atoms with Gasteiger partial charge in [-0.15, -0.1) is 0 Å². The van der Waals surface area contributed by atoms with Crippen LogP contribution in [0.1, 0.15) is 23.2 Å². The molecule has 2 amide bonds. The van der Waals surface area contributed by atoms with Gasteiger partial charge in [0.05, 0.1) is 0 Å². The van der Waals surface area contributed by atoms with Gasteiger partial charge in [-0.3, -0.25) is 14.6 Å². The number of piperidine rings is 1. The van der Waals surface area contributed by atoms with Crippen molar-refractivity contribution in [3.05, 3.63) is 30.1 Å². The summed E-state index contributed by atoms with van der Waals surface area (Å²) >= 11 is 11.0. The number of nitrogens with zero attached hydrogens (tertiary/aromatic N) is 2. The fourth-order valence-electron chi connectivity index (χ4n) is 2.17. The van der Waals surface area contributed by atoms with Gasteiger partial charge in [0.25, 0.3) is 11.8 Å². The first-order valence-corrected chi connectivity index (χ1v) is 7.23. The number of alkyl halides is 2. The van der Waals surface area contributed by atoms with E-state index >= 15 is 0 Å². The zero-order chi connectivity index (χ0) is 14.5. The van der Waals surface area contributed by atoms with Crippen LogP contribution in [0.15, 0.2) is 24.5 Å². The lowest BCUT2D eigenvalue weighted by Gasteiger charge is -2.32. The lowest BCUT2D eigenvalue weighted by atomic mass is 10.0. The highest BCUT2D eigenvalue weighted by Gasteiger charge is 2.25. The fraction of sp³-hybridized carbons (Fsp3) is 0.462. The molecule has 1 aromatic heterocycles. The number of carbonyl (C=O) groups excluding carboxylic acids is 2. The van der Waals surface area contributed by atoms with E-state index in [0.717, 1.165) is 0 Å². The molecule has 1 aliphatic heterocycles. The summed E-state index contributed by atoms with van der Waals surface area (Å²) in [6, 6.07) is 3.41. The Labute approximate surface area is 127 Å². The zero-order valence-electron chi connectivity index (χ0n) is 10.8. The van der Waals surface area contributed by atoms with Crippen LogP contribution in [0.25, 0.3) is 0 Å². The molecule has 0 bridgehead atoms. The highest BCUT2D eigenvalue weighted by Crippen LogP contribution is 2.14. The normalized spacial score (nSPS) is 16.2. The molecular weight excluding hydrogens is 301 g/mol. The van der Waals surface area contributed by atoms with E-state index in [1.807, 2.05) is 0 Å². The van der Waals surface area contributed by atoms with E-state index in [2.05, 4.69) is 10.3 Å². The summed E-state index contributed by atoms with van der Waals surface area (Å²) in [4.78, 5) is 28.2. The number of aromatic nitrogens is 1. The molecule has 1 fully saturated rings. The fourth-order valence-corrected chi connectivity index (χ4v) is 2.29. The Balaban J connectivity index is 1.85. The van der Waals surface area contributed by atoms with Crippen molar-refractivity contribution in [2.45, 2.75) is 23.7 Å². The average Bonchev–Trinajstić information content (AvgIpc) is 2.48. The molecule has 0 saturated carbocycles. The number of hydrogen-bond donors (Lipinski definition) is 1. The molecule has 1 saturated heterocycles. The number of carbonyl (C=O) groups is 2. The minimum absolute atomic E-state index is 0.00950. The lowest BCUT2D eigenvalue weighted by Crippen LogP contribution is -2.47. The van der Waals surface area contributed by atoms with Crippen molar-refractivity contribution < 1.29 is 9.59 Å². The second kappa shape index (κ2) is 6.90. The Hall–Kier alpha value is -1.33. The number of nitrogens with one attached hydrogen (secondary N) is 1. The number of pyridine rings is 1. The summed E-state index contributed by atoms with van der Waals surface area (Å²) in [6.07, 6.45) is 4.59. The summed E-state index contributed by atoms with van der Waals surface area (Å²) in [5.41, 5.74) is 0.629. The lowest BCUT2D eigenvalue weighted by molar-refractivity contribution is -0.120. The van der Waals surface area contributed by atoms with Crippen LogP contribution in [0.2, 0.25) is 0 Å². The third-order valence-corrected chi connectivity index (χ3v) is 3.65. The second-order valence-corrected chi connectivity index (χ2v) is 5.71. The zero-order valence-corrected chi connectivity index (χ0v) is 12.3. The minimum Gasteiger partial charge on any atom is -0.351 e. The smallest absolute Gasteiger partial charge is 0.253 e. The first-order valence-electron chi connectivity index (χ1n) is 6.36. The van der Waals surface area contributed by atoms with E-state index in [-0.39, 0.29) is 17.9 Å². The van der Waals surface area contributed by atoms with Crippen molar-refractivity contribution >= 4 is 35.0 Å². The largest absolute Gasteiger partial charge is 0.351 e. The standard InChI is InChI=1S/C13H15Cl2N3O2/c14-11(15)12(19)17-10-3-7-18(8-4-10)13(20)9-1-5-16-6-2-9/h1-2,5-6,10-11H,3-4,7-8H2,(H,17,19). The maximum Gasteiger partial charge on any atom is 0.253 e. The van der Waals surface area contributed by atoms with Crippen LogP contribution in [0.5, 0.6) is 0 Å². The maximum absolute atomic E-state index is 12.2. The molecule has 108 valence electrons. The van der Waals surface area contributed by atoms with E-state index in [1.165, 1.54) is 0 Å². The molecule has 1 N–H and O–H groups in total. The van der Waals surface area contributed by atoms with Gasteiger partial charge in [0.15, 0.2) is 4.84 Å². The number of halogens is 2. The van der Waals surface area contributed by atoms with E-state index in [0.29, 0.717) is 31.5 Å². The first-order chi connectivity index (χ1) is 9.58. The second-order valence-electron chi connectivity index (χ2n) is 4.61. The van der Waals surface area contributed by atoms with Crippen LogP contribution in [-0.2, 0) is 4.79 Å². The van der Waals surface area contributed by atoms with Gasteiger partial charge in [-0.2, -0.15) is 0 Å². The summed E-state index contributed by atoms with van der Waals surface area (Å²) in [6.45, 7) is 1.20. The van der Waals surface area contributed by atoms with Crippen LogP contribution in [0.4, 0.5) is 0 Å². The van der Waals surface area contributed by atoms with Gasteiger partial charge >= 0.3 is 0 Å². The van der Waals surface area contributed by atoms with Crippen molar-refractivity contribution in [3.63, 3.8) is 0 Å². The topological polar surface area (TPSA) is 62.3 Å². The Morgan fingerprint density at radius 2 is 1.85 bits per heavy atom. The van der Waals surface area contributed by atoms with E-state index < -0.39 is 4.84 Å². The Kier molecular flexibility index (Phi) is 5.20. The molecule has 2 heterocycles. The van der Waals surface area contributed by atoms with Crippen LogP contribution in [0, 0.1) is 0 Å². The Morgan fingerprint density at radius 1 is 1.25 bits per heavy atom. The molecule has 5 nitrogen and oxygen atoms in total. The van der Waals surface area contributed by atoms with Gasteiger partial charge in [0.1, 0.15) is 0 Å². The van der Waals surface area contributed by atoms with Crippen molar-refractivity contribution in [2.75, 3.05) is 13.1 Å². The van der Waals surface area contributed by atoms with Crippen LogP contribution in [-0.4, -0.2) is 45.7 Å². The van der Waals surface area contributed by atoms with Crippen molar-refractivity contribution in [3.8, 4) is 0 Å². The predicted molar refractivity (Wildman–Crippen MR) is 76.8 cm³/mol. The van der Waals surface area contributed by atoms with Gasteiger partial charge in [0.2, 0.25) is 0 Å². The van der Waals surface area contributed by atoms with E-state index in [4.69, 9.17) is 23.2 Å². The summed E-state index contributed by atoms with van der Waals surface area (Å²) in [5, 5.41) is 2.77. The summed E-state index contributed by atoms with van der Waals surface area (Å²) in [5.74, 6) is -0.392. The molecule has 7 heteroatoms. The van der Waals surface area contributed by atoms with Crippen LogP contribution < -0.4 is 5.32 Å². The molecule has 0 spiro atoms. The minimum atomic E-state index is -1.05. The summed E-state index contributed by atoms with van der Waals surface area (Å²) in [7, 11) is 0. The van der Waals surface area contributed by atoms with Crippen LogP contribution in [0.3, 0.4) is 0 Å². The van der Waals surface area contributed by atoms with Gasteiger partial charge in [0, 0.05) is 37.1 Å². The Bertz CT molecular complexity index is 474. The number of hydrogen-bond acceptors (Lipinski definition) is 3. The quantitative estimate of drug-likeness (QED) is 0.862. The molecule has 20 heavy (non-hydrogen) atoms. The number of likely N-dealkylation sites (tertiary alicyclic amines) is 1. The van der Waals surface area contributed by atoms with Gasteiger partial charge in [-0.05, 0) is 25.0 Å². The molecule has 0 aromatic carbocycles. The predicted octanol–water partition coefficient (Wildman–Crippen LogP) is 1.61. The molecule has 0 atom stereocenters. The molecule has 0 unspecified atom stereocenters. The number of rotatable bonds is 3. The van der Waals surface area contributed by atoms with Crippen molar-refractivity contribution in [2.24, 2.45) is 0 Å². The van der Waals surface area contributed by atoms with Gasteiger partial charge < -0.3 is 10.2 Å².